The summed E-state index contributed by atoms with van der Waals surface area (Å²) in [7, 11) is 0. The molecule has 0 spiro atoms. The molecule has 0 amide bonds. The number of benzene rings is 1. The summed E-state index contributed by atoms with van der Waals surface area (Å²) in [5.41, 5.74) is 1.56. The van der Waals surface area contributed by atoms with Crippen LogP contribution in [0.4, 0.5) is 0 Å². The third kappa shape index (κ3) is 2.49. The molecule has 0 unspecified atom stereocenters. The molecule has 1 aromatic carbocycles. The fraction of sp³-hybridized carbons (Fsp3) is 0.100. The van der Waals surface area contributed by atoms with E-state index in [0.717, 1.165) is 5.56 Å². The molecule has 0 aliphatic carbocycles. The van der Waals surface area contributed by atoms with Crippen molar-refractivity contribution in [2.45, 2.75) is 6.92 Å². The van der Waals surface area contributed by atoms with Gasteiger partial charge >= 0.3 is 35.5 Å². The van der Waals surface area contributed by atoms with Crippen molar-refractivity contribution in [2.24, 2.45) is 0 Å². The Hall–Kier alpha value is -1.17. The molecule has 1 heterocycles. The molecule has 0 saturated heterocycles. The van der Waals surface area contributed by atoms with Crippen LogP contribution in [-0.4, -0.2) is 26.1 Å². The van der Waals surface area contributed by atoms with Crippen LogP contribution in [0.2, 0.25) is 0 Å². The smallest absolute Gasteiger partial charge is 1.00 e. The summed E-state index contributed by atoms with van der Waals surface area (Å²) < 4.78 is 0. The van der Waals surface area contributed by atoms with Gasteiger partial charge in [0.15, 0.2) is 0 Å². The van der Waals surface area contributed by atoms with E-state index in [1.165, 1.54) is 17.2 Å². The molecule has 2 aromatic rings. The van der Waals surface area contributed by atoms with Gasteiger partial charge in [-0.05, 0) is 19.1 Å². The van der Waals surface area contributed by atoms with E-state index in [4.69, 9.17) is 5.11 Å². The van der Waals surface area contributed by atoms with Gasteiger partial charge in [0.2, 0.25) is 0 Å². The molecule has 6 heteroatoms. The fourth-order valence-electron chi connectivity index (χ4n) is 1.34. The van der Waals surface area contributed by atoms with Crippen molar-refractivity contribution in [1.82, 2.24) is 15.0 Å². The van der Waals surface area contributed by atoms with Crippen LogP contribution < -0.4 is 29.6 Å². The van der Waals surface area contributed by atoms with Crippen molar-refractivity contribution in [3.05, 3.63) is 41.7 Å². The summed E-state index contributed by atoms with van der Waals surface area (Å²) in [5.74, 6) is -0.981. The Balaban J connectivity index is 0.00000128. The number of hydrogen-bond acceptors (Lipinski definition) is 3. The van der Waals surface area contributed by atoms with Gasteiger partial charge in [-0.3, -0.25) is 0 Å². The van der Waals surface area contributed by atoms with Crippen molar-refractivity contribution < 1.29 is 40.9 Å². The fourth-order valence-corrected chi connectivity index (χ4v) is 1.34. The Kier molecular flexibility index (Phi) is 4.23. The van der Waals surface area contributed by atoms with Crippen LogP contribution in [0.1, 0.15) is 17.3 Å². The van der Waals surface area contributed by atoms with Crippen molar-refractivity contribution >= 4 is 5.97 Å². The normalized spacial score (nSPS) is 9.56. The van der Waals surface area contributed by atoms with Crippen molar-refractivity contribution in [2.75, 3.05) is 0 Å². The van der Waals surface area contributed by atoms with Crippen LogP contribution in [0.3, 0.4) is 0 Å². The molecule has 16 heavy (non-hydrogen) atoms. The summed E-state index contributed by atoms with van der Waals surface area (Å²) in [5, 5.41) is 16.8. The van der Waals surface area contributed by atoms with Crippen LogP contribution in [0, 0.1) is 6.92 Å². The Bertz CT molecular complexity index is 502. The number of aromatic nitrogens is 3. The molecule has 0 fully saturated rings. The first-order valence-corrected chi connectivity index (χ1v) is 4.39. The molecule has 0 aliphatic heterocycles. The quantitative estimate of drug-likeness (QED) is 0.627. The maximum absolute atomic E-state index is 11.0. The van der Waals surface area contributed by atoms with Gasteiger partial charge < -0.3 is 6.53 Å². The standard InChI is InChI=1S/C10H9N3O2.Na.H/c1-7-2-3-9(8(6-7)10(14)15)13-11-4-5-12-13;;/h2-6H,1H3,(H,14,15);;/q;+1;-1. The maximum atomic E-state index is 11.0. The zero-order valence-corrected chi connectivity index (χ0v) is 11.1. The summed E-state index contributed by atoms with van der Waals surface area (Å²) in [6, 6.07) is 5.12. The molecule has 2 rings (SSSR count). The number of carboxylic acids is 1. The van der Waals surface area contributed by atoms with Crippen molar-refractivity contribution in [3.8, 4) is 5.69 Å². The number of carbonyl (C=O) groups is 1. The van der Waals surface area contributed by atoms with Crippen LogP contribution in [0.5, 0.6) is 0 Å². The largest absolute Gasteiger partial charge is 1.00 e. The second-order valence-electron chi connectivity index (χ2n) is 3.14. The first-order valence-electron chi connectivity index (χ1n) is 4.39. The van der Waals surface area contributed by atoms with E-state index in [-0.39, 0.29) is 36.5 Å². The average Bonchev–Trinajstić information content (AvgIpc) is 2.70. The molecular formula is C10H10N3NaO2. The van der Waals surface area contributed by atoms with Gasteiger partial charge in [-0.1, -0.05) is 11.6 Å². The molecule has 0 radical (unpaired) electrons. The molecule has 0 atom stereocenters. The Labute approximate surface area is 116 Å². The minimum absolute atomic E-state index is 0. The summed E-state index contributed by atoms with van der Waals surface area (Å²) >= 11 is 0. The van der Waals surface area contributed by atoms with E-state index in [0.29, 0.717) is 5.69 Å². The van der Waals surface area contributed by atoms with Gasteiger partial charge in [0.1, 0.15) is 5.69 Å². The molecule has 5 nitrogen and oxygen atoms in total. The van der Waals surface area contributed by atoms with Gasteiger partial charge in [-0.25, -0.2) is 4.79 Å². The minimum Gasteiger partial charge on any atom is -1.00 e. The van der Waals surface area contributed by atoms with Gasteiger partial charge in [0.05, 0.1) is 18.0 Å². The SMILES string of the molecule is Cc1ccc(-n2nccn2)c(C(=O)O)c1.[H-].[Na+]. The van der Waals surface area contributed by atoms with Crippen LogP contribution in [0.15, 0.2) is 30.6 Å². The van der Waals surface area contributed by atoms with Crippen LogP contribution in [0.25, 0.3) is 5.69 Å². The number of carboxylic acid groups (broad SMARTS) is 1. The van der Waals surface area contributed by atoms with E-state index in [1.54, 1.807) is 12.1 Å². The predicted molar refractivity (Wildman–Crippen MR) is 54.2 cm³/mol. The zero-order chi connectivity index (χ0) is 10.8. The summed E-state index contributed by atoms with van der Waals surface area (Å²) in [4.78, 5) is 12.3. The third-order valence-corrected chi connectivity index (χ3v) is 2.02. The summed E-state index contributed by atoms with van der Waals surface area (Å²) in [6.45, 7) is 1.84. The zero-order valence-electron chi connectivity index (χ0n) is 10.1. The molecule has 0 saturated carbocycles. The third-order valence-electron chi connectivity index (χ3n) is 2.02. The summed E-state index contributed by atoms with van der Waals surface area (Å²) in [6.07, 6.45) is 3.01. The predicted octanol–water partition coefficient (Wildman–Crippen LogP) is -1.61. The minimum atomic E-state index is -0.981. The monoisotopic (exact) mass is 227 g/mol. The van der Waals surface area contributed by atoms with E-state index < -0.39 is 5.97 Å². The Morgan fingerprint density at radius 1 is 1.38 bits per heavy atom. The van der Waals surface area contributed by atoms with Gasteiger partial charge in [0.25, 0.3) is 0 Å². The average molecular weight is 227 g/mol. The first kappa shape index (κ1) is 12.9. The van der Waals surface area contributed by atoms with Crippen LogP contribution in [-0.2, 0) is 0 Å². The Morgan fingerprint density at radius 3 is 2.56 bits per heavy atom. The van der Waals surface area contributed by atoms with E-state index in [1.807, 2.05) is 13.0 Å². The van der Waals surface area contributed by atoms with E-state index in [2.05, 4.69) is 10.2 Å². The maximum Gasteiger partial charge on any atom is 1.00 e. The second-order valence-corrected chi connectivity index (χ2v) is 3.14. The van der Waals surface area contributed by atoms with Gasteiger partial charge in [0, 0.05) is 0 Å². The van der Waals surface area contributed by atoms with Gasteiger partial charge in [-0.2, -0.15) is 15.0 Å². The molecule has 1 N–H and O–H groups in total. The molecule has 1 aromatic heterocycles. The topological polar surface area (TPSA) is 68.0 Å². The molecule has 78 valence electrons. The molecule has 0 bridgehead atoms. The number of hydrogen-bond donors (Lipinski definition) is 1. The Morgan fingerprint density at radius 2 is 2.00 bits per heavy atom. The number of nitrogens with zero attached hydrogens (tertiary/aromatic N) is 3. The number of aromatic carboxylic acids is 1. The van der Waals surface area contributed by atoms with Gasteiger partial charge in [-0.15, -0.1) is 0 Å². The molecular weight excluding hydrogens is 217 g/mol. The number of rotatable bonds is 2. The number of aryl methyl sites for hydroxylation is 1. The van der Waals surface area contributed by atoms with E-state index in [9.17, 15) is 4.79 Å². The van der Waals surface area contributed by atoms with Crippen LogP contribution >= 0.6 is 0 Å². The van der Waals surface area contributed by atoms with Crippen molar-refractivity contribution in [1.29, 1.82) is 0 Å². The molecule has 0 aliphatic rings. The first-order chi connectivity index (χ1) is 7.18. The van der Waals surface area contributed by atoms with E-state index >= 15 is 0 Å². The van der Waals surface area contributed by atoms with Crippen molar-refractivity contribution in [3.63, 3.8) is 0 Å². The second kappa shape index (κ2) is 5.25.